The maximum absolute atomic E-state index is 5.75. The highest BCUT2D eigenvalue weighted by Gasteiger charge is 2.10. The van der Waals surface area contributed by atoms with Crippen molar-refractivity contribution < 1.29 is 0 Å². The number of aromatic amines is 1. The second-order valence-corrected chi connectivity index (χ2v) is 3.27. The summed E-state index contributed by atoms with van der Waals surface area (Å²) in [5.74, 6) is 0.526. The zero-order chi connectivity index (χ0) is 9.71. The molecule has 14 heavy (non-hydrogen) atoms. The standard InChI is InChI=1S/C9H9N5/c1-14-7-5-2-3-11-9(5)12-4-6(7)8(10)13-14/h2-4H,1H3,(H2,10,13)(H,11,12). The van der Waals surface area contributed by atoms with Crippen LogP contribution < -0.4 is 5.73 Å². The Balaban J connectivity index is 2.68. The Morgan fingerprint density at radius 1 is 1.43 bits per heavy atom. The molecule has 0 bridgehead atoms. The van der Waals surface area contributed by atoms with E-state index in [9.17, 15) is 0 Å². The van der Waals surface area contributed by atoms with Gasteiger partial charge >= 0.3 is 0 Å². The third kappa shape index (κ3) is 0.736. The van der Waals surface area contributed by atoms with E-state index in [-0.39, 0.29) is 0 Å². The average Bonchev–Trinajstić information content (AvgIpc) is 2.71. The predicted molar refractivity (Wildman–Crippen MR) is 54.8 cm³/mol. The Bertz CT molecular complexity index is 618. The van der Waals surface area contributed by atoms with E-state index in [1.54, 1.807) is 10.9 Å². The fraction of sp³-hybridized carbons (Fsp3) is 0.111. The SMILES string of the molecule is Cn1nc(N)c2cnc3[nH]ccc3c21. The number of hydrogen-bond acceptors (Lipinski definition) is 3. The van der Waals surface area contributed by atoms with Crippen molar-refractivity contribution in [3.8, 4) is 0 Å². The van der Waals surface area contributed by atoms with E-state index in [0.29, 0.717) is 5.82 Å². The number of nitrogens with zero attached hydrogens (tertiary/aromatic N) is 3. The molecule has 0 saturated heterocycles. The van der Waals surface area contributed by atoms with Gasteiger partial charge in [-0.3, -0.25) is 4.68 Å². The highest BCUT2D eigenvalue weighted by Crippen LogP contribution is 2.25. The summed E-state index contributed by atoms with van der Waals surface area (Å²) in [6.07, 6.45) is 3.61. The lowest BCUT2D eigenvalue weighted by Gasteiger charge is -1.94. The van der Waals surface area contributed by atoms with Gasteiger partial charge in [0, 0.05) is 24.8 Å². The van der Waals surface area contributed by atoms with Crippen LogP contribution in [0.15, 0.2) is 18.5 Å². The third-order valence-corrected chi connectivity index (χ3v) is 2.42. The number of hydrogen-bond donors (Lipinski definition) is 2. The van der Waals surface area contributed by atoms with Gasteiger partial charge in [0.2, 0.25) is 0 Å². The molecule has 0 spiro atoms. The van der Waals surface area contributed by atoms with Crippen LogP contribution in [0.5, 0.6) is 0 Å². The fourth-order valence-corrected chi connectivity index (χ4v) is 1.80. The van der Waals surface area contributed by atoms with E-state index in [1.807, 2.05) is 19.3 Å². The van der Waals surface area contributed by atoms with Crippen molar-refractivity contribution in [2.45, 2.75) is 0 Å². The molecule has 3 rings (SSSR count). The minimum atomic E-state index is 0.526. The van der Waals surface area contributed by atoms with Crippen molar-refractivity contribution in [3.63, 3.8) is 0 Å². The molecule has 0 amide bonds. The van der Waals surface area contributed by atoms with Gasteiger partial charge in [-0.05, 0) is 6.07 Å². The molecule has 0 aromatic carbocycles. The van der Waals surface area contributed by atoms with Crippen LogP contribution in [0.25, 0.3) is 21.9 Å². The summed E-state index contributed by atoms with van der Waals surface area (Å²) < 4.78 is 1.78. The van der Waals surface area contributed by atoms with Gasteiger partial charge in [0.25, 0.3) is 0 Å². The molecule has 3 aromatic heterocycles. The summed E-state index contributed by atoms with van der Waals surface area (Å²) in [6, 6.07) is 1.98. The summed E-state index contributed by atoms with van der Waals surface area (Å²) in [6.45, 7) is 0. The normalized spacial score (nSPS) is 11.5. The van der Waals surface area contributed by atoms with Gasteiger partial charge in [-0.2, -0.15) is 5.10 Å². The monoisotopic (exact) mass is 187 g/mol. The number of aryl methyl sites for hydroxylation is 1. The molecule has 5 heteroatoms. The Morgan fingerprint density at radius 2 is 2.29 bits per heavy atom. The van der Waals surface area contributed by atoms with Crippen LogP contribution in [0, 0.1) is 0 Å². The maximum atomic E-state index is 5.75. The first kappa shape index (κ1) is 7.37. The summed E-state index contributed by atoms with van der Waals surface area (Å²) in [4.78, 5) is 7.31. The average molecular weight is 187 g/mol. The lowest BCUT2D eigenvalue weighted by atomic mass is 10.2. The van der Waals surface area contributed by atoms with Crippen molar-refractivity contribution in [1.82, 2.24) is 19.7 Å². The third-order valence-electron chi connectivity index (χ3n) is 2.42. The van der Waals surface area contributed by atoms with Gasteiger partial charge in [0.05, 0.1) is 10.9 Å². The van der Waals surface area contributed by atoms with Gasteiger partial charge in [-0.15, -0.1) is 0 Å². The smallest absolute Gasteiger partial charge is 0.154 e. The highest BCUT2D eigenvalue weighted by atomic mass is 15.3. The number of nitrogens with two attached hydrogens (primary N) is 1. The number of nitrogens with one attached hydrogen (secondary N) is 1. The van der Waals surface area contributed by atoms with E-state index < -0.39 is 0 Å². The van der Waals surface area contributed by atoms with E-state index in [2.05, 4.69) is 15.1 Å². The fourth-order valence-electron chi connectivity index (χ4n) is 1.80. The molecule has 0 radical (unpaired) electrons. The summed E-state index contributed by atoms with van der Waals surface area (Å²) in [5.41, 5.74) is 7.64. The number of anilines is 1. The van der Waals surface area contributed by atoms with Crippen LogP contribution in [-0.4, -0.2) is 19.7 Å². The second-order valence-electron chi connectivity index (χ2n) is 3.27. The van der Waals surface area contributed by atoms with Gasteiger partial charge in [0.15, 0.2) is 5.82 Å². The van der Waals surface area contributed by atoms with Gasteiger partial charge in [0.1, 0.15) is 5.65 Å². The second kappa shape index (κ2) is 2.25. The Labute approximate surface area is 79.5 Å². The van der Waals surface area contributed by atoms with Crippen LogP contribution in [0.4, 0.5) is 5.82 Å². The quantitative estimate of drug-likeness (QED) is 0.552. The van der Waals surface area contributed by atoms with E-state index >= 15 is 0 Å². The molecular weight excluding hydrogens is 178 g/mol. The van der Waals surface area contributed by atoms with Crippen LogP contribution >= 0.6 is 0 Å². The maximum Gasteiger partial charge on any atom is 0.154 e. The van der Waals surface area contributed by atoms with Crippen molar-refractivity contribution in [2.75, 3.05) is 5.73 Å². The van der Waals surface area contributed by atoms with Crippen molar-refractivity contribution in [2.24, 2.45) is 7.05 Å². The topological polar surface area (TPSA) is 72.5 Å². The molecule has 0 aliphatic rings. The lowest BCUT2D eigenvalue weighted by Crippen LogP contribution is -1.91. The summed E-state index contributed by atoms with van der Waals surface area (Å²) >= 11 is 0. The number of aromatic nitrogens is 4. The Hall–Kier alpha value is -2.04. The van der Waals surface area contributed by atoms with Gasteiger partial charge in [-0.25, -0.2) is 4.98 Å². The van der Waals surface area contributed by atoms with Crippen LogP contribution in [-0.2, 0) is 7.05 Å². The molecule has 0 fully saturated rings. The highest BCUT2D eigenvalue weighted by molar-refractivity contribution is 6.05. The van der Waals surface area contributed by atoms with Crippen molar-refractivity contribution >= 4 is 27.8 Å². The number of nitrogen functional groups attached to an aromatic ring is 1. The van der Waals surface area contributed by atoms with Crippen molar-refractivity contribution in [3.05, 3.63) is 18.5 Å². The molecule has 5 nitrogen and oxygen atoms in total. The first-order valence-electron chi connectivity index (χ1n) is 4.31. The number of H-pyrrole nitrogens is 1. The predicted octanol–water partition coefficient (Wildman–Crippen LogP) is 1.03. The molecule has 3 N–H and O–H groups in total. The first-order chi connectivity index (χ1) is 6.77. The van der Waals surface area contributed by atoms with Crippen LogP contribution in [0.1, 0.15) is 0 Å². The zero-order valence-electron chi connectivity index (χ0n) is 7.65. The number of pyridine rings is 1. The molecular formula is C9H9N5. The molecule has 0 aliphatic carbocycles. The Morgan fingerprint density at radius 3 is 3.14 bits per heavy atom. The number of fused-ring (bicyclic) bond motifs is 3. The largest absolute Gasteiger partial charge is 0.382 e. The Kier molecular flexibility index (Phi) is 1.19. The molecule has 0 unspecified atom stereocenters. The minimum absolute atomic E-state index is 0.526. The minimum Gasteiger partial charge on any atom is -0.382 e. The molecule has 0 saturated carbocycles. The van der Waals surface area contributed by atoms with E-state index in [0.717, 1.165) is 21.9 Å². The number of rotatable bonds is 0. The van der Waals surface area contributed by atoms with Gasteiger partial charge in [-0.1, -0.05) is 0 Å². The molecule has 3 aromatic rings. The molecule has 0 aliphatic heterocycles. The van der Waals surface area contributed by atoms with E-state index in [4.69, 9.17) is 5.73 Å². The lowest BCUT2D eigenvalue weighted by molar-refractivity contribution is 0.804. The molecule has 3 heterocycles. The van der Waals surface area contributed by atoms with E-state index in [1.165, 1.54) is 0 Å². The molecule has 70 valence electrons. The zero-order valence-corrected chi connectivity index (χ0v) is 7.65. The summed E-state index contributed by atoms with van der Waals surface area (Å²) in [7, 11) is 1.88. The summed E-state index contributed by atoms with van der Waals surface area (Å²) in [5, 5.41) is 6.11. The van der Waals surface area contributed by atoms with Crippen LogP contribution in [0.3, 0.4) is 0 Å². The molecule has 0 atom stereocenters. The van der Waals surface area contributed by atoms with Crippen LogP contribution in [0.2, 0.25) is 0 Å². The van der Waals surface area contributed by atoms with Gasteiger partial charge < -0.3 is 10.7 Å². The van der Waals surface area contributed by atoms with Crippen molar-refractivity contribution in [1.29, 1.82) is 0 Å². The first-order valence-corrected chi connectivity index (χ1v) is 4.31.